The van der Waals surface area contributed by atoms with E-state index in [-0.39, 0.29) is 0 Å². The standard InChI is InChI=1S/C14H19N3/c1-17(11-7-3-2-4-8-11)14-15-12-9-5-6-10-13(12)16-14/h5-6,9-11H,2-4,7-8H2,1H3,(H,15,16). The van der Waals surface area contributed by atoms with E-state index in [9.17, 15) is 0 Å². The number of fused-ring (bicyclic) bond motifs is 1. The van der Waals surface area contributed by atoms with Gasteiger partial charge in [0.2, 0.25) is 5.95 Å². The minimum absolute atomic E-state index is 0.657. The summed E-state index contributed by atoms with van der Waals surface area (Å²) in [5.41, 5.74) is 2.19. The molecule has 90 valence electrons. The van der Waals surface area contributed by atoms with E-state index in [1.165, 1.54) is 32.1 Å². The lowest BCUT2D eigenvalue weighted by atomic mass is 9.95. The van der Waals surface area contributed by atoms with Crippen molar-refractivity contribution in [3.8, 4) is 0 Å². The first-order valence-corrected chi connectivity index (χ1v) is 6.52. The van der Waals surface area contributed by atoms with Crippen molar-refractivity contribution in [3.63, 3.8) is 0 Å². The molecule has 1 aromatic carbocycles. The Morgan fingerprint density at radius 1 is 1.18 bits per heavy atom. The van der Waals surface area contributed by atoms with Crippen LogP contribution in [0.5, 0.6) is 0 Å². The highest BCUT2D eigenvalue weighted by Crippen LogP contribution is 2.25. The van der Waals surface area contributed by atoms with Crippen molar-refractivity contribution >= 4 is 17.0 Å². The molecule has 0 radical (unpaired) electrons. The van der Waals surface area contributed by atoms with Crippen molar-refractivity contribution < 1.29 is 0 Å². The van der Waals surface area contributed by atoms with Gasteiger partial charge in [-0.15, -0.1) is 0 Å². The van der Waals surface area contributed by atoms with Gasteiger partial charge in [-0.25, -0.2) is 4.98 Å². The molecule has 1 heterocycles. The number of aromatic amines is 1. The number of hydrogen-bond donors (Lipinski definition) is 1. The largest absolute Gasteiger partial charge is 0.342 e. The van der Waals surface area contributed by atoms with E-state index in [2.05, 4.69) is 34.0 Å². The monoisotopic (exact) mass is 229 g/mol. The molecule has 0 saturated heterocycles. The fourth-order valence-corrected chi connectivity index (χ4v) is 2.75. The van der Waals surface area contributed by atoms with Gasteiger partial charge in [0.05, 0.1) is 11.0 Å². The van der Waals surface area contributed by atoms with Crippen LogP contribution < -0.4 is 4.90 Å². The summed E-state index contributed by atoms with van der Waals surface area (Å²) in [5.74, 6) is 1.01. The summed E-state index contributed by atoms with van der Waals surface area (Å²) in [6, 6.07) is 8.88. The first-order valence-electron chi connectivity index (χ1n) is 6.52. The molecule has 1 aliphatic rings. The Hall–Kier alpha value is -1.51. The molecule has 2 aromatic rings. The van der Waals surface area contributed by atoms with Gasteiger partial charge in [0, 0.05) is 13.1 Å². The van der Waals surface area contributed by atoms with Crippen LogP contribution in [0, 0.1) is 0 Å². The third-order valence-corrected chi connectivity index (χ3v) is 3.83. The Morgan fingerprint density at radius 2 is 1.94 bits per heavy atom. The SMILES string of the molecule is CN(c1nc2ccccc2[nH]1)C1CCCCC1. The van der Waals surface area contributed by atoms with E-state index in [1.807, 2.05) is 12.1 Å². The Balaban J connectivity index is 1.86. The summed E-state index contributed by atoms with van der Waals surface area (Å²) in [4.78, 5) is 10.4. The highest BCUT2D eigenvalue weighted by atomic mass is 15.3. The molecule has 0 atom stereocenters. The van der Waals surface area contributed by atoms with Crippen LogP contribution in [0.15, 0.2) is 24.3 Å². The van der Waals surface area contributed by atoms with Gasteiger partial charge in [0.1, 0.15) is 0 Å². The molecule has 3 nitrogen and oxygen atoms in total. The van der Waals surface area contributed by atoms with Crippen molar-refractivity contribution in [2.75, 3.05) is 11.9 Å². The number of anilines is 1. The summed E-state index contributed by atoms with van der Waals surface area (Å²) in [5, 5.41) is 0. The normalized spacial score (nSPS) is 17.5. The molecule has 0 bridgehead atoms. The number of hydrogen-bond acceptors (Lipinski definition) is 2. The maximum atomic E-state index is 4.66. The van der Waals surface area contributed by atoms with Crippen molar-refractivity contribution in [3.05, 3.63) is 24.3 Å². The van der Waals surface area contributed by atoms with Crippen LogP contribution in [0.4, 0.5) is 5.95 Å². The average molecular weight is 229 g/mol. The molecular formula is C14H19N3. The summed E-state index contributed by atoms with van der Waals surface area (Å²) in [7, 11) is 2.16. The first-order chi connectivity index (χ1) is 8.34. The van der Waals surface area contributed by atoms with Gasteiger partial charge in [-0.05, 0) is 25.0 Å². The zero-order valence-corrected chi connectivity index (χ0v) is 10.3. The van der Waals surface area contributed by atoms with Gasteiger partial charge < -0.3 is 9.88 Å². The van der Waals surface area contributed by atoms with Crippen LogP contribution >= 0.6 is 0 Å². The Bertz CT molecular complexity index is 464. The highest BCUT2D eigenvalue weighted by Gasteiger charge is 2.20. The molecule has 1 aromatic heterocycles. The summed E-state index contributed by atoms with van der Waals surface area (Å²) in [6.45, 7) is 0. The number of rotatable bonds is 2. The van der Waals surface area contributed by atoms with E-state index in [1.54, 1.807) is 0 Å². The average Bonchev–Trinajstić information content (AvgIpc) is 2.82. The minimum Gasteiger partial charge on any atom is -0.342 e. The maximum absolute atomic E-state index is 4.66. The molecule has 1 fully saturated rings. The number of nitrogens with zero attached hydrogens (tertiary/aromatic N) is 2. The zero-order valence-electron chi connectivity index (χ0n) is 10.3. The first kappa shape index (κ1) is 10.6. The van der Waals surface area contributed by atoms with Crippen molar-refractivity contribution in [2.45, 2.75) is 38.1 Å². The Morgan fingerprint density at radius 3 is 2.71 bits per heavy atom. The lowest BCUT2D eigenvalue weighted by Crippen LogP contribution is -2.33. The number of nitrogens with one attached hydrogen (secondary N) is 1. The summed E-state index contributed by atoms with van der Waals surface area (Å²) in [6.07, 6.45) is 6.70. The molecule has 17 heavy (non-hydrogen) atoms. The summed E-state index contributed by atoms with van der Waals surface area (Å²) >= 11 is 0. The predicted molar refractivity (Wildman–Crippen MR) is 71.4 cm³/mol. The van der Waals surface area contributed by atoms with Crippen LogP contribution in [-0.4, -0.2) is 23.1 Å². The van der Waals surface area contributed by atoms with E-state index in [0.29, 0.717) is 6.04 Å². The van der Waals surface area contributed by atoms with Crippen LogP contribution in [0.1, 0.15) is 32.1 Å². The topological polar surface area (TPSA) is 31.9 Å². The fraction of sp³-hybridized carbons (Fsp3) is 0.500. The molecule has 0 spiro atoms. The second-order valence-electron chi connectivity index (χ2n) is 4.98. The van der Waals surface area contributed by atoms with E-state index in [4.69, 9.17) is 0 Å². The molecule has 3 heteroatoms. The van der Waals surface area contributed by atoms with Crippen LogP contribution in [0.3, 0.4) is 0 Å². The number of H-pyrrole nitrogens is 1. The zero-order chi connectivity index (χ0) is 11.7. The molecule has 1 saturated carbocycles. The minimum atomic E-state index is 0.657. The van der Waals surface area contributed by atoms with Crippen LogP contribution in [0.2, 0.25) is 0 Å². The van der Waals surface area contributed by atoms with E-state index >= 15 is 0 Å². The lowest BCUT2D eigenvalue weighted by Gasteiger charge is -2.30. The number of aromatic nitrogens is 2. The van der Waals surface area contributed by atoms with Gasteiger partial charge in [-0.2, -0.15) is 0 Å². The highest BCUT2D eigenvalue weighted by molar-refractivity contribution is 5.77. The molecule has 0 aliphatic heterocycles. The quantitative estimate of drug-likeness (QED) is 0.856. The smallest absolute Gasteiger partial charge is 0.203 e. The fourth-order valence-electron chi connectivity index (χ4n) is 2.75. The summed E-state index contributed by atoms with van der Waals surface area (Å²) < 4.78 is 0. The molecule has 0 amide bonds. The Labute approximate surface area is 102 Å². The van der Waals surface area contributed by atoms with Gasteiger partial charge in [0.15, 0.2) is 0 Å². The molecule has 0 unspecified atom stereocenters. The third kappa shape index (κ3) is 2.02. The molecule has 1 N–H and O–H groups in total. The van der Waals surface area contributed by atoms with Gasteiger partial charge in [0.25, 0.3) is 0 Å². The van der Waals surface area contributed by atoms with Crippen molar-refractivity contribution in [1.82, 2.24) is 9.97 Å². The predicted octanol–water partition coefficient (Wildman–Crippen LogP) is 3.33. The van der Waals surface area contributed by atoms with Gasteiger partial charge in [-0.1, -0.05) is 31.4 Å². The third-order valence-electron chi connectivity index (χ3n) is 3.83. The Kier molecular flexibility index (Phi) is 2.75. The molecule has 1 aliphatic carbocycles. The van der Waals surface area contributed by atoms with Crippen LogP contribution in [0.25, 0.3) is 11.0 Å². The second-order valence-corrected chi connectivity index (χ2v) is 4.98. The van der Waals surface area contributed by atoms with E-state index < -0.39 is 0 Å². The number of imidazole rings is 1. The maximum Gasteiger partial charge on any atom is 0.203 e. The molecule has 3 rings (SSSR count). The van der Waals surface area contributed by atoms with Crippen molar-refractivity contribution in [2.24, 2.45) is 0 Å². The van der Waals surface area contributed by atoms with Crippen molar-refractivity contribution in [1.29, 1.82) is 0 Å². The number of benzene rings is 1. The second kappa shape index (κ2) is 4.40. The lowest BCUT2D eigenvalue weighted by molar-refractivity contribution is 0.425. The van der Waals surface area contributed by atoms with E-state index in [0.717, 1.165) is 17.0 Å². The van der Waals surface area contributed by atoms with Gasteiger partial charge >= 0.3 is 0 Å². The van der Waals surface area contributed by atoms with Gasteiger partial charge in [-0.3, -0.25) is 0 Å². The number of para-hydroxylation sites is 2. The van der Waals surface area contributed by atoms with Crippen LogP contribution in [-0.2, 0) is 0 Å². The molecular weight excluding hydrogens is 210 g/mol.